The van der Waals surface area contributed by atoms with Gasteiger partial charge in [-0.15, -0.1) is 0 Å². The van der Waals surface area contributed by atoms with Crippen molar-refractivity contribution in [3.8, 4) is 11.5 Å². The van der Waals surface area contributed by atoms with Gasteiger partial charge in [0.25, 0.3) is 0 Å². The van der Waals surface area contributed by atoms with Gasteiger partial charge in [0.15, 0.2) is 0 Å². The van der Waals surface area contributed by atoms with Crippen molar-refractivity contribution in [2.45, 2.75) is 12.2 Å². The first-order valence-electron chi connectivity index (χ1n) is 14.0. The lowest BCUT2D eigenvalue weighted by Gasteiger charge is -2.06. The largest absolute Gasteiger partial charge is 0.459 e. The number of rotatable bonds is 12. The molecule has 2 unspecified atom stereocenters. The number of hydrogen-bond acceptors (Lipinski definition) is 8. The molecule has 4 aromatic rings. The van der Waals surface area contributed by atoms with E-state index in [-0.39, 0.29) is 24.1 Å². The van der Waals surface area contributed by atoms with E-state index in [2.05, 4.69) is 4.99 Å². The molecule has 0 N–H and O–H groups in total. The Kier molecular flexibility index (Phi) is 8.68. The molecule has 43 heavy (non-hydrogen) atoms. The zero-order valence-corrected chi connectivity index (χ0v) is 23.3. The third-order valence-electron chi connectivity index (χ3n) is 6.68. The molecule has 0 aliphatic carbocycles. The van der Waals surface area contributed by atoms with Crippen molar-refractivity contribution in [1.82, 2.24) is 0 Å². The molecule has 2 aliphatic heterocycles. The number of aliphatic imine (C=N–C) groups is 1. The standard InChI is InChI=1S/C35H29NO7/c37-34(41-22-32-20-39-32)27-9-3-24(4-10-27)1-2-25-7-15-30(16-8-25)43-31-17-13-29(14-18-31)36-19-26-5-11-28(12-6-26)35(38)42-23-33-21-40-33/h1-19,32-33H,20-23H2. The minimum Gasteiger partial charge on any atom is -0.459 e. The van der Waals surface area contributed by atoms with E-state index in [1.54, 1.807) is 30.5 Å². The van der Waals surface area contributed by atoms with Crippen LogP contribution in [0.3, 0.4) is 0 Å². The summed E-state index contributed by atoms with van der Waals surface area (Å²) in [6.07, 6.45) is 5.82. The maximum atomic E-state index is 12.1. The molecule has 0 aromatic heterocycles. The van der Waals surface area contributed by atoms with Crippen molar-refractivity contribution >= 4 is 36.0 Å². The summed E-state index contributed by atoms with van der Waals surface area (Å²) in [5.74, 6) is 0.719. The smallest absolute Gasteiger partial charge is 0.338 e. The fourth-order valence-corrected chi connectivity index (χ4v) is 3.99. The first kappa shape index (κ1) is 28.1. The number of esters is 2. The number of carbonyl (C=O) groups excluding carboxylic acids is 2. The SMILES string of the molecule is O=C(OCC1CO1)c1ccc(C=Cc2ccc(Oc3ccc(N=Cc4ccc(C(=O)OCC5CO5)cc4)cc3)cc2)cc1. The van der Waals surface area contributed by atoms with Crippen LogP contribution in [0.4, 0.5) is 5.69 Å². The van der Waals surface area contributed by atoms with Crippen LogP contribution in [-0.4, -0.2) is 56.8 Å². The quantitative estimate of drug-likeness (QED) is 0.0822. The Hall–Kier alpha value is -5.05. The molecule has 0 amide bonds. The number of benzene rings is 4. The number of ether oxygens (including phenoxy) is 5. The second-order valence-corrected chi connectivity index (χ2v) is 10.1. The Bertz CT molecular complexity index is 1480. The molecule has 2 aliphatic rings. The lowest BCUT2D eigenvalue weighted by Crippen LogP contribution is -2.09. The van der Waals surface area contributed by atoms with Crippen molar-refractivity contribution in [2.24, 2.45) is 4.99 Å². The van der Waals surface area contributed by atoms with Crippen LogP contribution in [-0.2, 0) is 18.9 Å². The van der Waals surface area contributed by atoms with Crippen LogP contribution in [0.1, 0.15) is 37.4 Å². The normalized spacial score (nSPS) is 17.1. The number of carbonyl (C=O) groups is 2. The van der Waals surface area contributed by atoms with Crippen molar-refractivity contribution < 1.29 is 33.3 Å². The van der Waals surface area contributed by atoms with Gasteiger partial charge in [0.1, 0.15) is 36.9 Å². The first-order valence-corrected chi connectivity index (χ1v) is 14.0. The highest BCUT2D eigenvalue weighted by Gasteiger charge is 2.25. The van der Waals surface area contributed by atoms with Crippen molar-refractivity contribution in [1.29, 1.82) is 0 Å². The Labute approximate surface area is 249 Å². The number of nitrogens with zero attached hydrogens (tertiary/aromatic N) is 1. The maximum Gasteiger partial charge on any atom is 0.338 e. The van der Waals surface area contributed by atoms with E-state index in [0.29, 0.717) is 43.3 Å². The van der Waals surface area contributed by atoms with Crippen molar-refractivity contribution in [3.05, 3.63) is 125 Å². The third-order valence-corrected chi connectivity index (χ3v) is 6.68. The van der Waals surface area contributed by atoms with E-state index in [4.69, 9.17) is 23.7 Å². The summed E-state index contributed by atoms with van der Waals surface area (Å²) in [4.78, 5) is 28.6. The predicted molar refractivity (Wildman–Crippen MR) is 162 cm³/mol. The Morgan fingerprint density at radius 1 is 0.628 bits per heavy atom. The molecule has 2 fully saturated rings. The van der Waals surface area contributed by atoms with E-state index in [0.717, 1.165) is 28.1 Å². The molecule has 2 heterocycles. The fraction of sp³-hybridized carbons (Fsp3) is 0.171. The lowest BCUT2D eigenvalue weighted by atomic mass is 10.1. The summed E-state index contributed by atoms with van der Waals surface area (Å²) >= 11 is 0. The molecule has 0 bridgehead atoms. The van der Waals surface area contributed by atoms with Gasteiger partial charge in [0, 0.05) is 6.21 Å². The number of epoxide rings is 2. The van der Waals surface area contributed by atoms with Gasteiger partial charge in [-0.2, -0.15) is 0 Å². The van der Waals surface area contributed by atoms with E-state index < -0.39 is 0 Å². The first-order chi connectivity index (χ1) is 21.1. The van der Waals surface area contributed by atoms with Crippen molar-refractivity contribution in [2.75, 3.05) is 26.4 Å². The minimum atomic E-state index is -0.358. The highest BCUT2D eigenvalue weighted by atomic mass is 16.6. The zero-order valence-electron chi connectivity index (χ0n) is 23.3. The highest BCUT2D eigenvalue weighted by Crippen LogP contribution is 2.25. The van der Waals surface area contributed by atoms with Gasteiger partial charge in [-0.3, -0.25) is 4.99 Å². The Morgan fingerprint density at radius 3 is 1.51 bits per heavy atom. The molecule has 8 nitrogen and oxygen atoms in total. The molecule has 0 radical (unpaired) electrons. The van der Waals surface area contributed by atoms with Crippen LogP contribution in [0, 0.1) is 0 Å². The molecular weight excluding hydrogens is 546 g/mol. The van der Waals surface area contributed by atoms with E-state index in [1.807, 2.05) is 84.9 Å². The second-order valence-electron chi connectivity index (χ2n) is 10.1. The molecule has 8 heteroatoms. The van der Waals surface area contributed by atoms with Gasteiger partial charge >= 0.3 is 11.9 Å². The van der Waals surface area contributed by atoms with Gasteiger partial charge in [-0.1, -0.05) is 48.6 Å². The summed E-state index contributed by atoms with van der Waals surface area (Å²) in [6, 6.07) is 29.6. The molecule has 0 spiro atoms. The molecule has 0 saturated carbocycles. The van der Waals surface area contributed by atoms with Crippen LogP contribution in [0.2, 0.25) is 0 Å². The summed E-state index contributed by atoms with van der Waals surface area (Å²) < 4.78 is 26.5. The minimum absolute atomic E-state index is 0.0469. The molecule has 2 atom stereocenters. The fourth-order valence-electron chi connectivity index (χ4n) is 3.99. The van der Waals surface area contributed by atoms with Gasteiger partial charge in [-0.25, -0.2) is 9.59 Å². The van der Waals surface area contributed by atoms with E-state index in [9.17, 15) is 9.59 Å². The van der Waals surface area contributed by atoms with Gasteiger partial charge < -0.3 is 23.7 Å². The van der Waals surface area contributed by atoms with E-state index >= 15 is 0 Å². The average molecular weight is 576 g/mol. The van der Waals surface area contributed by atoms with Crippen LogP contribution in [0.25, 0.3) is 12.2 Å². The average Bonchev–Trinajstić information content (AvgIpc) is 3.98. The molecule has 4 aromatic carbocycles. The molecular formula is C35H29NO7. The summed E-state index contributed by atoms with van der Waals surface area (Å²) in [7, 11) is 0. The number of hydrogen-bond donors (Lipinski definition) is 0. The summed E-state index contributed by atoms with van der Waals surface area (Å²) in [6.45, 7) is 1.90. The Balaban J connectivity index is 0.970. The molecule has 6 rings (SSSR count). The van der Waals surface area contributed by atoms with Crippen LogP contribution < -0.4 is 4.74 Å². The molecule has 216 valence electrons. The van der Waals surface area contributed by atoms with Crippen LogP contribution in [0.15, 0.2) is 102 Å². The second kappa shape index (κ2) is 13.3. The summed E-state index contributed by atoms with van der Waals surface area (Å²) in [5, 5.41) is 0. The van der Waals surface area contributed by atoms with Crippen molar-refractivity contribution in [3.63, 3.8) is 0 Å². The summed E-state index contributed by atoms with van der Waals surface area (Å²) in [5.41, 5.74) is 4.65. The van der Waals surface area contributed by atoms with Gasteiger partial charge in [-0.05, 0) is 77.4 Å². The van der Waals surface area contributed by atoms with Gasteiger partial charge in [0.05, 0.1) is 30.0 Å². The molecule has 2 saturated heterocycles. The van der Waals surface area contributed by atoms with Crippen LogP contribution in [0.5, 0.6) is 11.5 Å². The maximum absolute atomic E-state index is 12.1. The zero-order chi connectivity index (χ0) is 29.4. The topological polar surface area (TPSA) is 99.3 Å². The highest BCUT2D eigenvalue weighted by molar-refractivity contribution is 5.91. The monoisotopic (exact) mass is 575 g/mol. The predicted octanol–water partition coefficient (Wildman–Crippen LogP) is 6.51. The Morgan fingerprint density at radius 2 is 1.05 bits per heavy atom. The van der Waals surface area contributed by atoms with E-state index in [1.165, 1.54) is 0 Å². The van der Waals surface area contributed by atoms with Gasteiger partial charge in [0.2, 0.25) is 0 Å². The lowest BCUT2D eigenvalue weighted by molar-refractivity contribution is 0.0468. The third kappa shape index (κ3) is 8.48. The van der Waals surface area contributed by atoms with Crippen LogP contribution >= 0.6 is 0 Å².